The number of anilines is 1. The molecular formula is C21H20N2O2. The van der Waals surface area contributed by atoms with Gasteiger partial charge in [0.2, 0.25) is 5.91 Å². The van der Waals surface area contributed by atoms with Gasteiger partial charge in [-0.25, -0.2) is 0 Å². The molecule has 3 aromatic carbocycles. The van der Waals surface area contributed by atoms with Gasteiger partial charge in [-0.1, -0.05) is 54.1 Å². The number of likely N-dealkylation sites (N-methyl/N-ethyl adjacent to an activating group) is 1. The van der Waals surface area contributed by atoms with Gasteiger partial charge >= 0.3 is 0 Å². The first kappa shape index (κ1) is 16.7. The van der Waals surface area contributed by atoms with E-state index in [0.29, 0.717) is 5.56 Å². The molecule has 0 saturated heterocycles. The highest BCUT2D eigenvalue weighted by molar-refractivity contribution is 6.08. The monoisotopic (exact) mass is 332 g/mol. The van der Waals surface area contributed by atoms with Crippen LogP contribution >= 0.6 is 0 Å². The molecule has 3 aromatic rings. The van der Waals surface area contributed by atoms with E-state index in [1.54, 1.807) is 13.1 Å². The average Bonchev–Trinajstić information content (AvgIpc) is 2.62. The molecule has 2 amide bonds. The third kappa shape index (κ3) is 3.86. The molecule has 0 radical (unpaired) electrons. The summed E-state index contributed by atoms with van der Waals surface area (Å²) < 4.78 is 0. The molecule has 25 heavy (non-hydrogen) atoms. The Morgan fingerprint density at radius 3 is 2.36 bits per heavy atom. The zero-order valence-electron chi connectivity index (χ0n) is 14.3. The van der Waals surface area contributed by atoms with Gasteiger partial charge in [-0.05, 0) is 35.9 Å². The second kappa shape index (κ2) is 7.18. The maximum atomic E-state index is 12.7. The van der Waals surface area contributed by atoms with E-state index in [1.807, 2.05) is 67.6 Å². The number of rotatable bonds is 4. The minimum absolute atomic E-state index is 0.00404. The summed E-state index contributed by atoms with van der Waals surface area (Å²) in [5, 5.41) is 4.71. The first-order chi connectivity index (χ1) is 12.0. The second-order valence-corrected chi connectivity index (χ2v) is 6.10. The summed E-state index contributed by atoms with van der Waals surface area (Å²) in [5.41, 5.74) is 2.45. The van der Waals surface area contributed by atoms with Crippen molar-refractivity contribution >= 4 is 28.3 Å². The summed E-state index contributed by atoms with van der Waals surface area (Å²) in [6.07, 6.45) is 0. The van der Waals surface area contributed by atoms with Gasteiger partial charge < -0.3 is 10.2 Å². The van der Waals surface area contributed by atoms with E-state index >= 15 is 0 Å². The maximum Gasteiger partial charge on any atom is 0.254 e. The van der Waals surface area contributed by atoms with Crippen LogP contribution in [0.5, 0.6) is 0 Å². The molecule has 0 aromatic heterocycles. The van der Waals surface area contributed by atoms with Gasteiger partial charge in [0, 0.05) is 18.3 Å². The van der Waals surface area contributed by atoms with Crippen LogP contribution in [-0.4, -0.2) is 30.3 Å². The van der Waals surface area contributed by atoms with Gasteiger partial charge in [0.05, 0.1) is 6.54 Å². The van der Waals surface area contributed by atoms with Crippen LogP contribution < -0.4 is 5.32 Å². The minimum Gasteiger partial charge on any atom is -0.332 e. The van der Waals surface area contributed by atoms with Crippen molar-refractivity contribution in [3.8, 4) is 0 Å². The zero-order valence-corrected chi connectivity index (χ0v) is 14.3. The largest absolute Gasteiger partial charge is 0.332 e. The number of hydrogen-bond acceptors (Lipinski definition) is 2. The van der Waals surface area contributed by atoms with E-state index in [0.717, 1.165) is 22.0 Å². The van der Waals surface area contributed by atoms with Crippen molar-refractivity contribution in [1.29, 1.82) is 0 Å². The normalized spacial score (nSPS) is 10.5. The summed E-state index contributed by atoms with van der Waals surface area (Å²) in [6, 6.07) is 20.9. The van der Waals surface area contributed by atoms with Gasteiger partial charge in [0.15, 0.2) is 0 Å². The molecule has 0 aliphatic rings. The van der Waals surface area contributed by atoms with Gasteiger partial charge in [-0.15, -0.1) is 0 Å². The van der Waals surface area contributed by atoms with Crippen LogP contribution in [0.3, 0.4) is 0 Å². The van der Waals surface area contributed by atoms with Crippen LogP contribution in [0.2, 0.25) is 0 Å². The predicted molar refractivity (Wildman–Crippen MR) is 101 cm³/mol. The number of aryl methyl sites for hydroxylation is 1. The van der Waals surface area contributed by atoms with E-state index in [9.17, 15) is 9.59 Å². The average molecular weight is 332 g/mol. The van der Waals surface area contributed by atoms with Crippen LogP contribution in [0.15, 0.2) is 66.7 Å². The molecule has 4 nitrogen and oxygen atoms in total. The molecule has 0 bridgehead atoms. The number of fused-ring (bicyclic) bond motifs is 1. The lowest BCUT2D eigenvalue weighted by atomic mass is 10.0. The van der Waals surface area contributed by atoms with Crippen LogP contribution in [0.25, 0.3) is 10.8 Å². The minimum atomic E-state index is -0.222. The molecule has 126 valence electrons. The molecule has 0 aliphatic heterocycles. The van der Waals surface area contributed by atoms with Crippen LogP contribution in [0.4, 0.5) is 5.69 Å². The van der Waals surface area contributed by atoms with Crippen molar-refractivity contribution in [2.45, 2.75) is 6.92 Å². The van der Waals surface area contributed by atoms with Gasteiger partial charge in [0.25, 0.3) is 5.91 Å². The molecule has 0 atom stereocenters. The lowest BCUT2D eigenvalue weighted by Crippen LogP contribution is -2.35. The highest BCUT2D eigenvalue weighted by atomic mass is 16.2. The molecule has 0 saturated carbocycles. The lowest BCUT2D eigenvalue weighted by Gasteiger charge is -2.18. The zero-order chi connectivity index (χ0) is 17.8. The van der Waals surface area contributed by atoms with Crippen molar-refractivity contribution < 1.29 is 9.59 Å². The fourth-order valence-corrected chi connectivity index (χ4v) is 2.74. The number of amides is 2. The molecule has 0 spiro atoms. The van der Waals surface area contributed by atoms with Gasteiger partial charge in [-0.2, -0.15) is 0 Å². The van der Waals surface area contributed by atoms with E-state index in [1.165, 1.54) is 4.90 Å². The quantitative estimate of drug-likeness (QED) is 0.789. The van der Waals surface area contributed by atoms with Gasteiger partial charge in [0.1, 0.15) is 0 Å². The Kier molecular flexibility index (Phi) is 4.80. The Balaban J connectivity index is 1.71. The third-order valence-corrected chi connectivity index (χ3v) is 4.08. The Hall–Kier alpha value is -3.14. The van der Waals surface area contributed by atoms with E-state index < -0.39 is 0 Å². The lowest BCUT2D eigenvalue weighted by molar-refractivity contribution is -0.116. The first-order valence-corrected chi connectivity index (χ1v) is 8.14. The number of carbonyl (C=O) groups is 2. The molecule has 1 N–H and O–H groups in total. The van der Waals surface area contributed by atoms with E-state index in [-0.39, 0.29) is 18.4 Å². The van der Waals surface area contributed by atoms with Crippen LogP contribution in [0.1, 0.15) is 15.9 Å². The van der Waals surface area contributed by atoms with Crippen molar-refractivity contribution in [2.24, 2.45) is 0 Å². The fraction of sp³-hybridized carbons (Fsp3) is 0.143. The maximum absolute atomic E-state index is 12.7. The molecule has 3 rings (SSSR count). The molecule has 0 fully saturated rings. The first-order valence-electron chi connectivity index (χ1n) is 8.14. The topological polar surface area (TPSA) is 49.4 Å². The summed E-state index contributed by atoms with van der Waals surface area (Å²) in [4.78, 5) is 26.4. The van der Waals surface area contributed by atoms with Crippen molar-refractivity contribution in [2.75, 3.05) is 18.9 Å². The Morgan fingerprint density at radius 2 is 1.60 bits per heavy atom. The fourth-order valence-electron chi connectivity index (χ4n) is 2.74. The predicted octanol–water partition coefficient (Wildman–Crippen LogP) is 3.86. The van der Waals surface area contributed by atoms with Gasteiger partial charge in [-0.3, -0.25) is 9.59 Å². The van der Waals surface area contributed by atoms with Crippen molar-refractivity contribution in [3.63, 3.8) is 0 Å². The Morgan fingerprint density at radius 1 is 0.920 bits per heavy atom. The van der Waals surface area contributed by atoms with E-state index in [2.05, 4.69) is 5.32 Å². The number of hydrogen-bond donors (Lipinski definition) is 1. The van der Waals surface area contributed by atoms with E-state index in [4.69, 9.17) is 0 Å². The Labute approximate surface area is 147 Å². The highest BCUT2D eigenvalue weighted by Crippen LogP contribution is 2.19. The van der Waals surface area contributed by atoms with Crippen LogP contribution in [-0.2, 0) is 4.79 Å². The summed E-state index contributed by atoms with van der Waals surface area (Å²) >= 11 is 0. The summed E-state index contributed by atoms with van der Waals surface area (Å²) in [6.45, 7) is 1.98. The Bertz CT molecular complexity index is 911. The van der Waals surface area contributed by atoms with Crippen LogP contribution in [0, 0.1) is 6.92 Å². The SMILES string of the molecule is Cc1ccc(NC(=O)CN(C)C(=O)c2cccc3ccccc23)cc1. The second-order valence-electron chi connectivity index (χ2n) is 6.10. The number of carbonyl (C=O) groups excluding carboxylic acids is 2. The number of nitrogens with zero attached hydrogens (tertiary/aromatic N) is 1. The van der Waals surface area contributed by atoms with Crippen molar-refractivity contribution in [1.82, 2.24) is 4.90 Å². The molecule has 0 aliphatic carbocycles. The van der Waals surface area contributed by atoms with Crippen molar-refractivity contribution in [3.05, 3.63) is 77.9 Å². The number of nitrogens with one attached hydrogen (secondary N) is 1. The molecule has 0 heterocycles. The number of benzene rings is 3. The molecular weight excluding hydrogens is 312 g/mol. The standard InChI is InChI=1S/C21H20N2O2/c1-15-10-12-17(13-11-15)22-20(24)14-23(2)21(25)19-9-5-7-16-6-3-4-8-18(16)19/h3-13H,14H2,1-2H3,(H,22,24). The molecule has 0 unspecified atom stereocenters. The third-order valence-electron chi connectivity index (χ3n) is 4.08. The summed E-state index contributed by atoms with van der Waals surface area (Å²) in [7, 11) is 1.64. The smallest absolute Gasteiger partial charge is 0.254 e. The highest BCUT2D eigenvalue weighted by Gasteiger charge is 2.17. The summed E-state index contributed by atoms with van der Waals surface area (Å²) in [5.74, 6) is -0.393. The molecule has 4 heteroatoms.